The Hall–Kier alpha value is -3.75. The second-order valence-corrected chi connectivity index (χ2v) is 11.7. The van der Waals surface area contributed by atoms with Crippen molar-refractivity contribution in [3.8, 4) is 11.9 Å². The number of piperazine rings is 1. The minimum atomic E-state index is -3.13. The molecule has 2 aromatic heterocycles. The molecule has 1 aliphatic heterocycles. The zero-order valence-corrected chi connectivity index (χ0v) is 21.7. The quantitative estimate of drug-likeness (QED) is 0.545. The van der Waals surface area contributed by atoms with Crippen molar-refractivity contribution in [1.82, 2.24) is 19.3 Å². The Morgan fingerprint density at radius 1 is 1.14 bits per heavy atom. The van der Waals surface area contributed by atoms with Crippen molar-refractivity contribution in [2.45, 2.75) is 38.4 Å². The molecule has 192 valence electrons. The first-order chi connectivity index (χ1) is 17.8. The second-order valence-electron chi connectivity index (χ2n) is 9.44. The molecule has 2 fully saturated rings. The van der Waals surface area contributed by atoms with E-state index in [9.17, 15) is 8.42 Å². The summed E-state index contributed by atoms with van der Waals surface area (Å²) >= 11 is 0. The minimum Gasteiger partial charge on any atom is -0.439 e. The van der Waals surface area contributed by atoms with Crippen LogP contribution >= 0.6 is 0 Å². The van der Waals surface area contributed by atoms with E-state index in [0.717, 1.165) is 46.8 Å². The van der Waals surface area contributed by atoms with Crippen molar-refractivity contribution >= 4 is 27.5 Å². The number of pyridine rings is 1. The third-order valence-electron chi connectivity index (χ3n) is 6.58. The van der Waals surface area contributed by atoms with E-state index < -0.39 is 10.0 Å². The molecule has 37 heavy (non-hydrogen) atoms. The van der Waals surface area contributed by atoms with E-state index in [2.05, 4.69) is 31.2 Å². The predicted octanol–water partition coefficient (Wildman–Crippen LogP) is 3.68. The Morgan fingerprint density at radius 2 is 1.92 bits per heavy atom. The van der Waals surface area contributed by atoms with Crippen molar-refractivity contribution in [1.29, 1.82) is 5.26 Å². The van der Waals surface area contributed by atoms with Crippen LogP contribution in [0.25, 0.3) is 0 Å². The van der Waals surface area contributed by atoms with Gasteiger partial charge in [0.1, 0.15) is 11.6 Å². The number of allylic oxidation sites excluding steroid dienone is 5. The van der Waals surface area contributed by atoms with Crippen LogP contribution in [0, 0.1) is 11.3 Å². The van der Waals surface area contributed by atoms with E-state index in [4.69, 9.17) is 10.00 Å². The number of nitrogens with zero attached hydrogens (tertiary/aromatic N) is 6. The van der Waals surface area contributed by atoms with Gasteiger partial charge in [0.2, 0.25) is 21.9 Å². The third-order valence-corrected chi connectivity index (χ3v) is 8.97. The maximum atomic E-state index is 12.5. The van der Waals surface area contributed by atoms with Crippen molar-refractivity contribution in [2.75, 3.05) is 36.4 Å². The molecule has 3 aliphatic rings. The summed E-state index contributed by atoms with van der Waals surface area (Å²) in [6.45, 7) is 6.14. The largest absolute Gasteiger partial charge is 0.439 e. The monoisotopic (exact) mass is 519 g/mol. The van der Waals surface area contributed by atoms with Crippen LogP contribution in [0.15, 0.2) is 65.2 Å². The number of ether oxygens (including phenoxy) is 1. The molecule has 0 atom stereocenters. The van der Waals surface area contributed by atoms with Gasteiger partial charge in [-0.05, 0) is 62.0 Å². The van der Waals surface area contributed by atoms with E-state index in [1.54, 1.807) is 28.8 Å². The molecule has 10 nitrogen and oxygen atoms in total. The van der Waals surface area contributed by atoms with Crippen LogP contribution in [0.2, 0.25) is 0 Å². The molecule has 11 heteroatoms. The van der Waals surface area contributed by atoms with Gasteiger partial charge in [-0.15, -0.1) is 0 Å². The molecule has 2 aliphatic carbocycles. The molecule has 5 rings (SSSR count). The van der Waals surface area contributed by atoms with Crippen LogP contribution in [-0.4, -0.2) is 59.1 Å². The standard InChI is InChI=1S/C26H29N7O3S/c1-18-15-20(7-9-27)16-19(2)25(18)36-24-8-10-28-26(31-24)30-21-3-6-23(29-17-21)32-11-13-33(14-12-32)37(34,35)22-4-5-22/h3,6-8,10,15,17,22H,4-5,11-14,16H2,1-2H3,(H,28,30,31)/b20-7+. The van der Waals surface area contributed by atoms with Crippen LogP contribution in [0.1, 0.15) is 33.1 Å². The van der Waals surface area contributed by atoms with Gasteiger partial charge >= 0.3 is 0 Å². The number of hydrogen-bond donors (Lipinski definition) is 1. The van der Waals surface area contributed by atoms with Crippen molar-refractivity contribution in [3.05, 3.63) is 65.2 Å². The number of rotatable bonds is 7. The number of nitrogens with one attached hydrogen (secondary N) is 1. The zero-order valence-electron chi connectivity index (χ0n) is 20.9. The molecule has 0 aromatic carbocycles. The highest BCUT2D eigenvalue weighted by Gasteiger charge is 2.41. The fourth-order valence-corrected chi connectivity index (χ4v) is 6.37. The van der Waals surface area contributed by atoms with Crippen molar-refractivity contribution in [2.24, 2.45) is 0 Å². The number of anilines is 3. The van der Waals surface area contributed by atoms with Crippen LogP contribution in [0.3, 0.4) is 0 Å². The maximum absolute atomic E-state index is 12.5. The second kappa shape index (κ2) is 10.3. The van der Waals surface area contributed by atoms with Gasteiger partial charge in [0, 0.05) is 44.5 Å². The Bertz CT molecular complexity index is 1410. The Balaban J connectivity index is 1.20. The highest BCUT2D eigenvalue weighted by Crippen LogP contribution is 2.32. The summed E-state index contributed by atoms with van der Waals surface area (Å²) in [4.78, 5) is 15.4. The summed E-state index contributed by atoms with van der Waals surface area (Å²) in [5.74, 6) is 2.34. The minimum absolute atomic E-state index is 0.169. The van der Waals surface area contributed by atoms with Crippen molar-refractivity contribution < 1.29 is 13.2 Å². The number of sulfonamides is 1. The lowest BCUT2D eigenvalue weighted by Crippen LogP contribution is -2.49. The first-order valence-electron chi connectivity index (χ1n) is 12.3. The number of aromatic nitrogens is 3. The van der Waals surface area contributed by atoms with Crippen molar-refractivity contribution in [3.63, 3.8) is 0 Å². The summed E-state index contributed by atoms with van der Waals surface area (Å²) in [6.07, 6.45) is 9.06. The van der Waals surface area contributed by atoms with E-state index in [0.29, 0.717) is 44.4 Å². The van der Waals surface area contributed by atoms with Gasteiger partial charge in [-0.2, -0.15) is 14.6 Å². The molecule has 0 unspecified atom stereocenters. The number of nitriles is 1. The van der Waals surface area contributed by atoms with Crippen LogP contribution in [-0.2, 0) is 10.0 Å². The molecular formula is C26H29N7O3S. The molecule has 0 bridgehead atoms. The van der Waals surface area contributed by atoms with Gasteiger partial charge in [0.05, 0.1) is 23.2 Å². The predicted molar refractivity (Wildman–Crippen MR) is 141 cm³/mol. The van der Waals surface area contributed by atoms with Crippen LogP contribution < -0.4 is 15.0 Å². The van der Waals surface area contributed by atoms with Gasteiger partial charge in [0.25, 0.3) is 0 Å². The molecule has 0 amide bonds. The Labute approximate surface area is 217 Å². The average Bonchev–Trinajstić information content (AvgIpc) is 3.74. The molecular weight excluding hydrogens is 490 g/mol. The fraction of sp³-hybridized carbons (Fsp3) is 0.385. The van der Waals surface area contributed by atoms with Gasteiger partial charge in [-0.3, -0.25) is 0 Å². The van der Waals surface area contributed by atoms with Gasteiger partial charge in [-0.25, -0.2) is 18.4 Å². The lowest BCUT2D eigenvalue weighted by atomic mass is 9.95. The van der Waals surface area contributed by atoms with E-state index >= 15 is 0 Å². The van der Waals surface area contributed by atoms with E-state index in [-0.39, 0.29) is 5.25 Å². The average molecular weight is 520 g/mol. The summed E-state index contributed by atoms with van der Waals surface area (Å²) in [6, 6.07) is 7.58. The van der Waals surface area contributed by atoms with Gasteiger partial charge in [-0.1, -0.05) is 6.08 Å². The lowest BCUT2D eigenvalue weighted by Gasteiger charge is -2.34. The molecule has 1 saturated carbocycles. The lowest BCUT2D eigenvalue weighted by molar-refractivity contribution is 0.383. The molecule has 0 spiro atoms. The smallest absolute Gasteiger partial charge is 0.230 e. The summed E-state index contributed by atoms with van der Waals surface area (Å²) < 4.78 is 32.6. The Morgan fingerprint density at radius 3 is 2.57 bits per heavy atom. The van der Waals surface area contributed by atoms with E-state index in [1.165, 1.54) is 0 Å². The van der Waals surface area contributed by atoms with Crippen LogP contribution in [0.5, 0.6) is 5.88 Å². The molecule has 2 aromatic rings. The fourth-order valence-electron chi connectivity index (χ4n) is 4.55. The first kappa shape index (κ1) is 24.9. The molecule has 3 heterocycles. The normalized spacial score (nSPS) is 20.0. The van der Waals surface area contributed by atoms with Gasteiger partial charge in [0.15, 0.2) is 0 Å². The maximum Gasteiger partial charge on any atom is 0.230 e. The topological polar surface area (TPSA) is 124 Å². The summed E-state index contributed by atoms with van der Waals surface area (Å²) in [7, 11) is -3.13. The van der Waals surface area contributed by atoms with E-state index in [1.807, 2.05) is 32.1 Å². The molecule has 1 saturated heterocycles. The highest BCUT2D eigenvalue weighted by molar-refractivity contribution is 7.90. The molecule has 1 N–H and O–H groups in total. The van der Waals surface area contributed by atoms with Gasteiger partial charge < -0.3 is 15.0 Å². The summed E-state index contributed by atoms with van der Waals surface area (Å²) in [5.41, 5.74) is 3.65. The zero-order chi connectivity index (χ0) is 26.0. The Kier molecular flexibility index (Phi) is 6.95. The third kappa shape index (κ3) is 5.65. The first-order valence-corrected chi connectivity index (χ1v) is 13.8. The summed E-state index contributed by atoms with van der Waals surface area (Å²) in [5, 5.41) is 11.9. The SMILES string of the molecule is CC1=C/C(=C\C#N)CC(C)=C1Oc1ccnc(Nc2ccc(N3CCN(S(=O)(=O)C4CC4)CC3)nc2)n1. The van der Waals surface area contributed by atoms with Crippen LogP contribution in [0.4, 0.5) is 17.5 Å². The highest BCUT2D eigenvalue weighted by atomic mass is 32.2. The molecule has 0 radical (unpaired) electrons. The number of hydrogen-bond acceptors (Lipinski definition) is 9.